The molecule has 0 unspecified atom stereocenters. The molecule has 122 valence electrons. The lowest BCUT2D eigenvalue weighted by molar-refractivity contribution is 0.0304. The van der Waals surface area contributed by atoms with Crippen LogP contribution in [0.3, 0.4) is 0 Å². The molecule has 0 N–H and O–H groups in total. The first kappa shape index (κ1) is 16.4. The summed E-state index contributed by atoms with van der Waals surface area (Å²) in [6.07, 6.45) is 17.4. The summed E-state index contributed by atoms with van der Waals surface area (Å²) in [5, 5.41) is 0. The number of hydrogen-bond donors (Lipinski definition) is 1. The van der Waals surface area contributed by atoms with Gasteiger partial charge < -0.3 is 0 Å². The Kier molecular flexibility index (Phi) is 5.22. The van der Waals surface area contributed by atoms with Gasteiger partial charge in [-0.1, -0.05) is 51.2 Å². The van der Waals surface area contributed by atoms with Gasteiger partial charge in [-0.2, -0.15) is 0 Å². The summed E-state index contributed by atoms with van der Waals surface area (Å²) in [4.78, 5) is 1.09. The van der Waals surface area contributed by atoms with E-state index in [0.717, 1.165) is 10.3 Å². The zero-order chi connectivity index (χ0) is 15.5. The molecule has 3 aliphatic carbocycles. The highest BCUT2D eigenvalue weighted by atomic mass is 32.1. The van der Waals surface area contributed by atoms with E-state index in [1.807, 2.05) is 0 Å². The van der Waals surface area contributed by atoms with Gasteiger partial charge in [0.25, 0.3) is 0 Å². The minimum Gasteiger partial charge on any atom is -0.143 e. The van der Waals surface area contributed by atoms with Crippen LogP contribution in [0, 0.1) is 5.41 Å². The van der Waals surface area contributed by atoms with Crippen molar-refractivity contribution in [2.24, 2.45) is 5.41 Å². The first-order valence-corrected chi connectivity index (χ1v) is 9.92. The van der Waals surface area contributed by atoms with Gasteiger partial charge in [0.15, 0.2) is 0 Å². The number of rotatable bonds is 7. The molecule has 22 heavy (non-hydrogen) atoms. The van der Waals surface area contributed by atoms with Gasteiger partial charge in [-0.3, -0.25) is 0 Å². The van der Waals surface area contributed by atoms with E-state index < -0.39 is 0 Å². The Hall–Kier alpha value is -0.430. The van der Waals surface area contributed by atoms with Crippen molar-refractivity contribution < 1.29 is 0 Å². The van der Waals surface area contributed by atoms with Crippen LogP contribution in [0.1, 0.15) is 89.5 Å². The molecule has 1 aromatic carbocycles. The zero-order valence-corrected chi connectivity index (χ0v) is 15.1. The number of fused-ring (bicyclic) bond motifs is 3. The average molecular weight is 317 g/mol. The van der Waals surface area contributed by atoms with Gasteiger partial charge in [0.05, 0.1) is 0 Å². The van der Waals surface area contributed by atoms with Gasteiger partial charge in [0, 0.05) is 4.90 Å². The summed E-state index contributed by atoms with van der Waals surface area (Å²) < 4.78 is 0. The molecule has 0 aliphatic heterocycles. The predicted molar refractivity (Wildman–Crippen MR) is 98.9 cm³/mol. The van der Waals surface area contributed by atoms with Crippen LogP contribution in [0.15, 0.2) is 29.2 Å². The first-order chi connectivity index (χ1) is 10.7. The normalized spacial score (nSPS) is 30.6. The minimum absolute atomic E-state index is 0.505. The lowest BCUT2D eigenvalue weighted by atomic mass is 9.51. The maximum absolute atomic E-state index is 4.44. The van der Waals surface area contributed by atoms with E-state index >= 15 is 0 Å². The van der Waals surface area contributed by atoms with Gasteiger partial charge in [-0.05, 0) is 73.5 Å². The Bertz CT molecular complexity index is 449. The molecule has 0 radical (unpaired) electrons. The zero-order valence-electron chi connectivity index (χ0n) is 14.2. The van der Waals surface area contributed by atoms with Crippen LogP contribution in [0.25, 0.3) is 0 Å². The summed E-state index contributed by atoms with van der Waals surface area (Å²) in [5.41, 5.74) is 2.81. The quantitative estimate of drug-likeness (QED) is 0.409. The highest BCUT2D eigenvalue weighted by molar-refractivity contribution is 7.80. The van der Waals surface area contributed by atoms with E-state index in [4.69, 9.17) is 0 Å². The third kappa shape index (κ3) is 3.40. The Morgan fingerprint density at radius 1 is 0.818 bits per heavy atom. The van der Waals surface area contributed by atoms with Crippen molar-refractivity contribution in [3.05, 3.63) is 29.8 Å². The minimum atomic E-state index is 0.505. The lowest BCUT2D eigenvalue weighted by Gasteiger charge is -2.54. The van der Waals surface area contributed by atoms with Crippen molar-refractivity contribution in [2.45, 2.75) is 94.3 Å². The second-order valence-electron chi connectivity index (χ2n) is 7.99. The van der Waals surface area contributed by atoms with Crippen LogP contribution >= 0.6 is 12.6 Å². The molecule has 3 aliphatic rings. The van der Waals surface area contributed by atoms with Gasteiger partial charge in [0.2, 0.25) is 0 Å². The van der Waals surface area contributed by atoms with E-state index in [1.165, 1.54) is 77.0 Å². The molecule has 0 aromatic heterocycles. The third-order valence-electron chi connectivity index (χ3n) is 6.69. The Balaban J connectivity index is 1.56. The van der Waals surface area contributed by atoms with Crippen molar-refractivity contribution in [3.8, 4) is 0 Å². The van der Waals surface area contributed by atoms with Crippen LogP contribution < -0.4 is 0 Å². The van der Waals surface area contributed by atoms with Gasteiger partial charge >= 0.3 is 0 Å². The molecular formula is C21H32S. The van der Waals surface area contributed by atoms with Crippen molar-refractivity contribution in [1.82, 2.24) is 0 Å². The number of hydrogen-bond acceptors (Lipinski definition) is 1. The molecule has 3 saturated carbocycles. The van der Waals surface area contributed by atoms with Crippen molar-refractivity contribution in [2.75, 3.05) is 0 Å². The molecule has 0 amide bonds. The molecule has 3 fully saturated rings. The number of benzene rings is 1. The number of unbranched alkanes of at least 4 members (excludes halogenated alkanes) is 4. The van der Waals surface area contributed by atoms with Crippen LogP contribution in [0.2, 0.25) is 0 Å². The highest BCUT2D eigenvalue weighted by Crippen LogP contribution is 2.59. The molecule has 0 spiro atoms. The lowest BCUT2D eigenvalue weighted by Crippen LogP contribution is -2.44. The van der Waals surface area contributed by atoms with E-state index in [1.54, 1.807) is 5.56 Å². The molecular weight excluding hydrogens is 284 g/mol. The smallest absolute Gasteiger partial charge is 0.00401 e. The fourth-order valence-corrected chi connectivity index (χ4v) is 5.14. The average Bonchev–Trinajstić information content (AvgIpc) is 2.57. The summed E-state index contributed by atoms with van der Waals surface area (Å²) >= 11 is 4.44. The van der Waals surface area contributed by atoms with Crippen molar-refractivity contribution >= 4 is 12.6 Å². The summed E-state index contributed by atoms with van der Waals surface area (Å²) in [7, 11) is 0. The van der Waals surface area contributed by atoms with Crippen LogP contribution in [0.4, 0.5) is 0 Å². The summed E-state index contributed by atoms with van der Waals surface area (Å²) in [6, 6.07) is 9.03. The molecule has 0 saturated heterocycles. The van der Waals surface area contributed by atoms with E-state index in [2.05, 4.69) is 43.8 Å². The maximum atomic E-state index is 4.44. The van der Waals surface area contributed by atoms with Gasteiger partial charge in [-0.15, -0.1) is 12.6 Å². The van der Waals surface area contributed by atoms with E-state index in [0.29, 0.717) is 5.41 Å². The Labute approximate surface area is 142 Å². The van der Waals surface area contributed by atoms with Crippen molar-refractivity contribution in [3.63, 3.8) is 0 Å². The second-order valence-corrected chi connectivity index (χ2v) is 8.51. The fraction of sp³-hybridized carbons (Fsp3) is 0.714. The van der Waals surface area contributed by atoms with Gasteiger partial charge in [0.1, 0.15) is 0 Å². The second kappa shape index (κ2) is 6.99. The molecule has 0 heterocycles. The van der Waals surface area contributed by atoms with E-state index in [-0.39, 0.29) is 0 Å². The van der Waals surface area contributed by atoms with Crippen LogP contribution in [-0.2, 0) is 5.41 Å². The molecule has 4 rings (SSSR count). The topological polar surface area (TPSA) is 0 Å². The molecule has 0 atom stereocenters. The Morgan fingerprint density at radius 2 is 1.41 bits per heavy atom. The van der Waals surface area contributed by atoms with E-state index in [9.17, 15) is 0 Å². The SMILES string of the molecule is CCCCCCCC12CCC(c3ccc(S)cc3)(CC1)CC2. The van der Waals surface area contributed by atoms with Crippen LogP contribution in [-0.4, -0.2) is 0 Å². The maximum Gasteiger partial charge on any atom is 0.00401 e. The fourth-order valence-electron chi connectivity index (χ4n) is 4.99. The molecule has 1 aromatic rings. The standard InChI is InChI=1S/C21H32S/c1-2-3-4-5-6-11-20-12-15-21(16-13-20,17-14-20)18-7-9-19(22)10-8-18/h7-10,22H,2-6,11-17H2,1H3. The third-order valence-corrected chi connectivity index (χ3v) is 6.99. The molecule has 0 nitrogen and oxygen atoms in total. The highest BCUT2D eigenvalue weighted by Gasteiger charge is 2.48. The van der Waals surface area contributed by atoms with Crippen molar-refractivity contribution in [1.29, 1.82) is 0 Å². The molecule has 2 bridgehead atoms. The van der Waals surface area contributed by atoms with Crippen LogP contribution in [0.5, 0.6) is 0 Å². The van der Waals surface area contributed by atoms with Gasteiger partial charge in [-0.25, -0.2) is 0 Å². The summed E-state index contributed by atoms with van der Waals surface area (Å²) in [6.45, 7) is 2.31. The predicted octanol–water partition coefficient (Wildman–Crippen LogP) is 6.93. The first-order valence-electron chi connectivity index (χ1n) is 9.48. The molecule has 1 heteroatoms. The number of thiol groups is 1. The Morgan fingerprint density at radius 3 is 2.00 bits per heavy atom. The monoisotopic (exact) mass is 316 g/mol. The largest absolute Gasteiger partial charge is 0.143 e. The summed E-state index contributed by atoms with van der Waals surface area (Å²) in [5.74, 6) is 0.